The van der Waals surface area contributed by atoms with Crippen LogP contribution in [0.1, 0.15) is 11.3 Å². The number of anilines is 1. The van der Waals surface area contributed by atoms with Crippen LogP contribution in [-0.4, -0.2) is 50.0 Å². The summed E-state index contributed by atoms with van der Waals surface area (Å²) in [7, 11) is 3.14. The Morgan fingerprint density at radius 2 is 1.86 bits per heavy atom. The first-order valence-electron chi connectivity index (χ1n) is 8.08. The van der Waals surface area contributed by atoms with Crippen LogP contribution in [0.3, 0.4) is 0 Å². The minimum Gasteiger partial charge on any atom is -0.334 e. The van der Waals surface area contributed by atoms with E-state index in [-0.39, 0.29) is 23.2 Å². The number of urea groups is 1. The minimum atomic E-state index is -4.53. The maximum absolute atomic E-state index is 13.2. The number of aromatic amines is 1. The topological polar surface area (TPSA) is 82.9 Å². The predicted octanol–water partition coefficient (Wildman–Crippen LogP) is 3.15. The summed E-state index contributed by atoms with van der Waals surface area (Å²) in [6, 6.07) is 4.76. The second-order valence-corrected chi connectivity index (χ2v) is 6.19. The number of aromatic nitrogens is 5. The smallest absolute Gasteiger partial charge is 0.334 e. The van der Waals surface area contributed by atoms with Crippen molar-refractivity contribution in [3.05, 3.63) is 48.3 Å². The highest BCUT2D eigenvalue weighted by atomic mass is 19.4. The molecule has 2 amide bonds. The Bertz CT molecular complexity index is 1100. The van der Waals surface area contributed by atoms with E-state index in [1.54, 1.807) is 14.1 Å². The van der Waals surface area contributed by atoms with E-state index in [0.717, 1.165) is 10.7 Å². The number of imidazole rings is 1. The van der Waals surface area contributed by atoms with E-state index in [4.69, 9.17) is 0 Å². The van der Waals surface area contributed by atoms with Crippen molar-refractivity contribution < 1.29 is 18.0 Å². The van der Waals surface area contributed by atoms with E-state index in [9.17, 15) is 18.0 Å². The van der Waals surface area contributed by atoms with Gasteiger partial charge in [0.2, 0.25) is 0 Å². The zero-order valence-corrected chi connectivity index (χ0v) is 14.8. The zero-order chi connectivity index (χ0) is 20.2. The van der Waals surface area contributed by atoms with Gasteiger partial charge in [-0.3, -0.25) is 9.80 Å². The number of amides is 2. The van der Waals surface area contributed by atoms with Crippen LogP contribution in [-0.2, 0) is 6.18 Å². The third-order valence-electron chi connectivity index (χ3n) is 4.46. The molecule has 1 N–H and O–H groups in total. The Morgan fingerprint density at radius 1 is 1.14 bits per heavy atom. The van der Waals surface area contributed by atoms with Crippen LogP contribution >= 0.6 is 0 Å². The molecular weight excluding hydrogens is 375 g/mol. The average Bonchev–Trinajstić information content (AvgIpc) is 3.31. The molecule has 1 aliphatic heterocycles. The maximum Gasteiger partial charge on any atom is 0.418 e. The fraction of sp³-hybridized carbons (Fsp3) is 0.176. The van der Waals surface area contributed by atoms with Crippen molar-refractivity contribution in [2.75, 3.05) is 19.0 Å². The molecule has 11 heteroatoms. The molecule has 0 radical (unpaired) electrons. The molecule has 3 aromatic rings. The van der Waals surface area contributed by atoms with Crippen LogP contribution in [0.4, 0.5) is 23.8 Å². The third-order valence-corrected chi connectivity index (χ3v) is 4.46. The number of H-pyrrole nitrogens is 1. The third kappa shape index (κ3) is 2.63. The molecule has 144 valence electrons. The highest BCUT2D eigenvalue weighted by Gasteiger charge is 2.35. The van der Waals surface area contributed by atoms with E-state index in [1.807, 2.05) is 0 Å². The van der Waals surface area contributed by atoms with Crippen LogP contribution in [0.15, 0.2) is 37.0 Å². The highest BCUT2D eigenvalue weighted by molar-refractivity contribution is 6.02. The number of nitrogens with one attached hydrogen (secondary N) is 1. The Hall–Kier alpha value is -3.63. The fourth-order valence-electron chi connectivity index (χ4n) is 2.93. The van der Waals surface area contributed by atoms with E-state index in [1.165, 1.54) is 34.2 Å². The van der Waals surface area contributed by atoms with Crippen molar-refractivity contribution in [3.63, 3.8) is 0 Å². The van der Waals surface area contributed by atoms with Crippen LogP contribution in [0.2, 0.25) is 0 Å². The molecule has 0 fully saturated rings. The molecule has 2 aromatic heterocycles. The lowest BCUT2D eigenvalue weighted by Gasteiger charge is -2.30. The molecule has 0 aliphatic carbocycles. The van der Waals surface area contributed by atoms with Gasteiger partial charge >= 0.3 is 12.2 Å². The molecule has 28 heavy (non-hydrogen) atoms. The number of carbonyl (C=O) groups is 1. The number of hydrogen-bond acceptors (Lipinski definition) is 4. The lowest BCUT2D eigenvalue weighted by Crippen LogP contribution is -2.41. The second-order valence-electron chi connectivity index (χ2n) is 6.19. The Morgan fingerprint density at radius 3 is 2.57 bits per heavy atom. The van der Waals surface area contributed by atoms with Gasteiger partial charge in [0.05, 0.1) is 23.1 Å². The molecule has 0 unspecified atom stereocenters. The largest absolute Gasteiger partial charge is 0.418 e. The molecule has 0 bridgehead atoms. The van der Waals surface area contributed by atoms with Crippen LogP contribution < -0.4 is 4.90 Å². The number of alkyl halides is 3. The molecule has 1 aromatic carbocycles. The summed E-state index contributed by atoms with van der Waals surface area (Å²) in [5, 5.41) is 7.73. The van der Waals surface area contributed by atoms with Gasteiger partial charge in [0.15, 0.2) is 11.6 Å². The van der Waals surface area contributed by atoms with Crippen molar-refractivity contribution >= 4 is 17.5 Å². The van der Waals surface area contributed by atoms with E-state index in [2.05, 4.69) is 26.9 Å². The van der Waals surface area contributed by atoms with E-state index in [0.29, 0.717) is 17.2 Å². The quantitative estimate of drug-likeness (QED) is 0.730. The van der Waals surface area contributed by atoms with Crippen molar-refractivity contribution in [1.82, 2.24) is 29.9 Å². The van der Waals surface area contributed by atoms with Gasteiger partial charge in [-0.25, -0.2) is 14.5 Å². The molecule has 0 saturated carbocycles. The summed E-state index contributed by atoms with van der Waals surface area (Å²) in [5.74, 6) is 0.616. The number of carbonyl (C=O) groups excluding carboxylic acids is 1. The summed E-state index contributed by atoms with van der Waals surface area (Å²) < 4.78 is 40.8. The SMILES string of the molecule is C=C1c2[nH]c(-c3cn(-c4ccccc4C(F)(F)F)nn3)nc2N(C)C(=O)N1C. The van der Waals surface area contributed by atoms with Crippen LogP contribution in [0.25, 0.3) is 22.9 Å². The number of rotatable bonds is 2. The fourth-order valence-corrected chi connectivity index (χ4v) is 2.93. The van der Waals surface area contributed by atoms with Gasteiger partial charge in [0.25, 0.3) is 0 Å². The monoisotopic (exact) mass is 389 g/mol. The molecule has 0 saturated heterocycles. The maximum atomic E-state index is 13.2. The van der Waals surface area contributed by atoms with Gasteiger partial charge in [0, 0.05) is 14.1 Å². The predicted molar refractivity (Wildman–Crippen MR) is 94.5 cm³/mol. The molecule has 8 nitrogen and oxygen atoms in total. The lowest BCUT2D eigenvalue weighted by molar-refractivity contribution is -0.137. The van der Waals surface area contributed by atoms with Gasteiger partial charge in [-0.15, -0.1) is 5.10 Å². The normalized spacial score (nSPS) is 14.6. The van der Waals surface area contributed by atoms with Crippen molar-refractivity contribution in [1.29, 1.82) is 0 Å². The molecule has 0 atom stereocenters. The van der Waals surface area contributed by atoms with Crippen molar-refractivity contribution in [2.45, 2.75) is 6.18 Å². The lowest BCUT2D eigenvalue weighted by atomic mass is 10.1. The Balaban J connectivity index is 1.76. The number of nitrogens with zero attached hydrogens (tertiary/aromatic N) is 6. The first-order chi connectivity index (χ1) is 13.2. The second kappa shape index (κ2) is 5.94. The Kier molecular flexibility index (Phi) is 3.77. The number of hydrogen-bond donors (Lipinski definition) is 1. The number of fused-ring (bicyclic) bond motifs is 1. The molecular formula is C17H14F3N7O. The molecule has 0 spiro atoms. The number of halogens is 3. The van der Waals surface area contributed by atoms with Crippen LogP contribution in [0, 0.1) is 0 Å². The van der Waals surface area contributed by atoms with Gasteiger partial charge in [0.1, 0.15) is 11.4 Å². The standard InChI is InChI=1S/C17H14F3N7O/c1-9-13-15(26(3)16(28)25(9)2)22-14(21-13)11-8-27(24-23-11)12-7-5-4-6-10(12)17(18,19)20/h4-8H,1H2,2-3H3,(H,21,22). The summed E-state index contributed by atoms with van der Waals surface area (Å²) in [6.07, 6.45) is -3.19. The van der Waals surface area contributed by atoms with Gasteiger partial charge in [-0.1, -0.05) is 23.9 Å². The summed E-state index contributed by atoms with van der Waals surface area (Å²) >= 11 is 0. The first-order valence-corrected chi connectivity index (χ1v) is 8.08. The average molecular weight is 389 g/mol. The van der Waals surface area contributed by atoms with E-state index < -0.39 is 11.7 Å². The van der Waals surface area contributed by atoms with Gasteiger partial charge in [-0.05, 0) is 12.1 Å². The molecule has 4 rings (SSSR count). The van der Waals surface area contributed by atoms with Crippen molar-refractivity contribution in [3.8, 4) is 17.2 Å². The summed E-state index contributed by atoms with van der Waals surface area (Å²) in [6.45, 7) is 3.86. The minimum absolute atomic E-state index is 0.151. The summed E-state index contributed by atoms with van der Waals surface area (Å²) in [4.78, 5) is 22.2. The van der Waals surface area contributed by atoms with E-state index >= 15 is 0 Å². The van der Waals surface area contributed by atoms with Gasteiger partial charge in [-0.2, -0.15) is 13.2 Å². The zero-order valence-electron chi connectivity index (χ0n) is 14.8. The number of para-hydroxylation sites is 1. The Labute approximate surface area is 156 Å². The first kappa shape index (κ1) is 17.8. The summed E-state index contributed by atoms with van der Waals surface area (Å²) in [5.41, 5.74) is 0.186. The van der Waals surface area contributed by atoms with Gasteiger partial charge < -0.3 is 4.98 Å². The molecule has 3 heterocycles. The number of benzene rings is 1. The highest BCUT2D eigenvalue weighted by Crippen LogP contribution is 2.35. The molecule has 1 aliphatic rings. The van der Waals surface area contributed by atoms with Crippen LogP contribution in [0.5, 0.6) is 0 Å². The van der Waals surface area contributed by atoms with Crippen molar-refractivity contribution in [2.24, 2.45) is 0 Å².